The van der Waals surface area contributed by atoms with Gasteiger partial charge in [0.2, 0.25) is 0 Å². The van der Waals surface area contributed by atoms with Gasteiger partial charge >= 0.3 is 0 Å². The molecule has 2 heterocycles. The van der Waals surface area contributed by atoms with E-state index >= 15 is 0 Å². The summed E-state index contributed by atoms with van der Waals surface area (Å²) in [6.07, 6.45) is 12.3. The zero-order valence-corrected chi connectivity index (χ0v) is 9.36. The zero-order valence-electron chi connectivity index (χ0n) is 9.36. The summed E-state index contributed by atoms with van der Waals surface area (Å²) in [6.45, 7) is 1.00. The van der Waals surface area contributed by atoms with E-state index in [-0.39, 0.29) is 0 Å². The fourth-order valence-corrected chi connectivity index (χ4v) is 2.18. The van der Waals surface area contributed by atoms with Crippen molar-refractivity contribution in [2.75, 3.05) is 0 Å². The largest absolute Gasteiger partial charge is 0.230 e. The summed E-state index contributed by atoms with van der Waals surface area (Å²) in [5.41, 5.74) is 0. The lowest BCUT2D eigenvalue weighted by molar-refractivity contribution is 0.556. The molecule has 1 saturated carbocycles. The van der Waals surface area contributed by atoms with Crippen LogP contribution in [-0.4, -0.2) is 20.2 Å². The Bertz CT molecular complexity index is 250. The highest BCUT2D eigenvalue weighted by molar-refractivity contribution is 4.82. The Hall–Kier alpha value is -0.930. The highest BCUT2D eigenvalue weighted by Crippen LogP contribution is 2.15. The summed E-state index contributed by atoms with van der Waals surface area (Å²) in [6, 6.07) is 0. The number of nitrogens with zero attached hydrogens (tertiary/aromatic N) is 4. The molecule has 0 amide bonds. The van der Waals surface area contributed by atoms with Crippen LogP contribution < -0.4 is 0 Å². The normalized spacial score (nSPS) is 20.0. The molecule has 1 fully saturated rings. The van der Waals surface area contributed by atoms with Crippen LogP contribution in [-0.2, 0) is 13.0 Å². The van der Waals surface area contributed by atoms with Crippen molar-refractivity contribution in [1.29, 1.82) is 0 Å². The van der Waals surface area contributed by atoms with Crippen molar-refractivity contribution in [2.45, 2.75) is 64.3 Å². The molecular formula is C11H20N4. The highest BCUT2D eigenvalue weighted by atomic mass is 15.5. The van der Waals surface area contributed by atoms with Crippen LogP contribution in [0.15, 0.2) is 0 Å². The lowest BCUT2D eigenvalue weighted by Crippen LogP contribution is -2.02. The van der Waals surface area contributed by atoms with Crippen LogP contribution >= 0.6 is 0 Å². The van der Waals surface area contributed by atoms with E-state index in [0.29, 0.717) is 0 Å². The first-order valence-electron chi connectivity index (χ1n) is 6.22. The van der Waals surface area contributed by atoms with Crippen LogP contribution in [0.25, 0.3) is 0 Å². The predicted molar refractivity (Wildman–Crippen MR) is 58.5 cm³/mol. The van der Waals surface area contributed by atoms with Gasteiger partial charge in [0.25, 0.3) is 0 Å². The third-order valence-electron chi connectivity index (χ3n) is 3.13. The molecule has 0 radical (unpaired) electrons. The van der Waals surface area contributed by atoms with E-state index in [1.807, 2.05) is 4.68 Å². The Morgan fingerprint density at radius 1 is 0.800 bits per heavy atom. The van der Waals surface area contributed by atoms with E-state index in [1.54, 1.807) is 0 Å². The molecule has 1 aliphatic carbocycles. The summed E-state index contributed by atoms with van der Waals surface area (Å²) in [4.78, 5) is 0. The standard InChI is InChI=1S/C6H10N4.C5H10/c1-2-4-6-7-8-9-10(6)5-3-1;1-2-4-5-3-1/h1-5H2;1-5H2. The molecule has 0 spiro atoms. The van der Waals surface area contributed by atoms with Crippen molar-refractivity contribution in [1.82, 2.24) is 20.2 Å². The number of aromatic nitrogens is 4. The molecule has 1 aliphatic heterocycles. The number of hydrogen-bond donors (Lipinski definition) is 0. The summed E-state index contributed by atoms with van der Waals surface area (Å²) in [7, 11) is 0. The first kappa shape index (κ1) is 10.6. The van der Waals surface area contributed by atoms with Crippen molar-refractivity contribution >= 4 is 0 Å². The van der Waals surface area contributed by atoms with Gasteiger partial charge in [0, 0.05) is 13.0 Å². The number of fused-ring (bicyclic) bond motifs is 1. The second-order valence-corrected chi connectivity index (χ2v) is 4.40. The van der Waals surface area contributed by atoms with Gasteiger partial charge < -0.3 is 0 Å². The maximum Gasteiger partial charge on any atom is 0.151 e. The van der Waals surface area contributed by atoms with E-state index in [1.165, 1.54) is 51.4 Å². The Balaban J connectivity index is 0.000000144. The number of aryl methyl sites for hydroxylation is 2. The minimum Gasteiger partial charge on any atom is -0.230 e. The Kier molecular flexibility index (Phi) is 4.11. The second kappa shape index (κ2) is 5.83. The minimum absolute atomic E-state index is 1.00. The summed E-state index contributed by atoms with van der Waals surface area (Å²) in [5.74, 6) is 1.05. The zero-order chi connectivity index (χ0) is 10.3. The first-order chi connectivity index (χ1) is 7.47. The molecule has 0 aromatic carbocycles. The lowest BCUT2D eigenvalue weighted by atomic mass is 10.2. The topological polar surface area (TPSA) is 43.6 Å². The Morgan fingerprint density at radius 3 is 2.20 bits per heavy atom. The van der Waals surface area contributed by atoms with Crippen molar-refractivity contribution in [3.8, 4) is 0 Å². The average Bonchev–Trinajstić information content (AvgIpc) is 2.90. The SMILES string of the molecule is C1CCCC1.C1CCc2nnnn2CC1. The minimum atomic E-state index is 1.00. The Morgan fingerprint density at radius 2 is 1.47 bits per heavy atom. The van der Waals surface area contributed by atoms with Crippen LogP contribution in [0.1, 0.15) is 57.2 Å². The molecular weight excluding hydrogens is 188 g/mol. The van der Waals surface area contributed by atoms with Crippen LogP contribution in [0.4, 0.5) is 0 Å². The number of tetrazole rings is 1. The van der Waals surface area contributed by atoms with Crippen molar-refractivity contribution < 1.29 is 0 Å². The average molecular weight is 208 g/mol. The van der Waals surface area contributed by atoms with Gasteiger partial charge in [0.1, 0.15) is 0 Å². The van der Waals surface area contributed by atoms with Gasteiger partial charge in [0.05, 0.1) is 0 Å². The molecule has 1 aromatic rings. The molecule has 0 atom stereocenters. The maximum atomic E-state index is 3.92. The fraction of sp³-hybridized carbons (Fsp3) is 0.909. The van der Waals surface area contributed by atoms with Crippen LogP contribution in [0.3, 0.4) is 0 Å². The van der Waals surface area contributed by atoms with Gasteiger partial charge in [-0.15, -0.1) is 5.10 Å². The van der Waals surface area contributed by atoms with Crippen LogP contribution in [0.2, 0.25) is 0 Å². The van der Waals surface area contributed by atoms with E-state index < -0.39 is 0 Å². The monoisotopic (exact) mass is 208 g/mol. The molecule has 84 valence electrons. The van der Waals surface area contributed by atoms with Gasteiger partial charge in [-0.05, 0) is 23.3 Å². The quantitative estimate of drug-likeness (QED) is 0.657. The first-order valence-corrected chi connectivity index (χ1v) is 6.22. The van der Waals surface area contributed by atoms with E-state index in [0.717, 1.165) is 18.8 Å². The number of rotatable bonds is 0. The van der Waals surface area contributed by atoms with Gasteiger partial charge in [-0.2, -0.15) is 0 Å². The van der Waals surface area contributed by atoms with Crippen molar-refractivity contribution in [3.63, 3.8) is 0 Å². The van der Waals surface area contributed by atoms with Gasteiger partial charge in [-0.3, -0.25) is 0 Å². The molecule has 0 bridgehead atoms. The van der Waals surface area contributed by atoms with Crippen LogP contribution in [0.5, 0.6) is 0 Å². The molecule has 1 aromatic heterocycles. The van der Waals surface area contributed by atoms with Gasteiger partial charge in [-0.25, -0.2) is 4.68 Å². The van der Waals surface area contributed by atoms with Gasteiger partial charge in [0.15, 0.2) is 5.82 Å². The van der Waals surface area contributed by atoms with E-state index in [2.05, 4.69) is 15.5 Å². The van der Waals surface area contributed by atoms with Crippen molar-refractivity contribution in [2.24, 2.45) is 0 Å². The highest BCUT2D eigenvalue weighted by Gasteiger charge is 2.08. The summed E-state index contributed by atoms with van der Waals surface area (Å²) >= 11 is 0. The van der Waals surface area contributed by atoms with Crippen LogP contribution in [0, 0.1) is 0 Å². The van der Waals surface area contributed by atoms with Gasteiger partial charge in [-0.1, -0.05) is 38.5 Å². The third-order valence-corrected chi connectivity index (χ3v) is 3.13. The molecule has 0 N–H and O–H groups in total. The number of hydrogen-bond acceptors (Lipinski definition) is 3. The molecule has 4 heteroatoms. The Labute approximate surface area is 91.1 Å². The van der Waals surface area contributed by atoms with E-state index in [4.69, 9.17) is 0 Å². The fourth-order valence-electron chi connectivity index (χ4n) is 2.18. The third kappa shape index (κ3) is 3.29. The summed E-state index contributed by atoms with van der Waals surface area (Å²) < 4.78 is 1.91. The van der Waals surface area contributed by atoms with Crippen molar-refractivity contribution in [3.05, 3.63) is 5.82 Å². The molecule has 2 aliphatic rings. The summed E-state index contributed by atoms with van der Waals surface area (Å²) in [5, 5.41) is 11.4. The molecule has 0 saturated heterocycles. The lowest BCUT2D eigenvalue weighted by Gasteiger charge is -1.94. The van der Waals surface area contributed by atoms with E-state index in [9.17, 15) is 0 Å². The molecule has 4 nitrogen and oxygen atoms in total. The predicted octanol–water partition coefficient (Wildman–Crippen LogP) is 2.35. The smallest absolute Gasteiger partial charge is 0.151 e. The maximum absolute atomic E-state index is 3.92. The molecule has 0 unspecified atom stereocenters. The molecule has 3 rings (SSSR count). The molecule has 15 heavy (non-hydrogen) atoms. The second-order valence-electron chi connectivity index (χ2n) is 4.40.